The molecule has 4 nitrogen and oxygen atoms in total. The molecular formula is C12H19ClN2O2S. The lowest BCUT2D eigenvalue weighted by atomic mass is 9.93. The van der Waals surface area contributed by atoms with Crippen LogP contribution in [0.25, 0.3) is 0 Å². The highest BCUT2D eigenvalue weighted by Crippen LogP contribution is 2.23. The van der Waals surface area contributed by atoms with Gasteiger partial charge in [-0.15, -0.1) is 22.9 Å². The predicted octanol–water partition coefficient (Wildman–Crippen LogP) is 2.31. The van der Waals surface area contributed by atoms with Crippen molar-refractivity contribution in [1.82, 2.24) is 10.3 Å². The Labute approximate surface area is 117 Å². The van der Waals surface area contributed by atoms with E-state index in [1.165, 1.54) is 7.11 Å². The predicted molar refractivity (Wildman–Crippen MR) is 74.2 cm³/mol. The standard InChI is InChI=1S/C12H19ClN2O2S/c1-12(2,3)9-7-18-10(15-9)6-14-5-8(13)11(16)17-4/h7-8,14H,5-6H2,1-4H3. The van der Waals surface area contributed by atoms with Crippen LogP contribution >= 0.6 is 22.9 Å². The zero-order valence-corrected chi connectivity index (χ0v) is 12.7. The molecule has 0 spiro atoms. The van der Waals surface area contributed by atoms with E-state index in [4.69, 9.17) is 11.6 Å². The number of rotatable bonds is 5. The number of halogens is 1. The zero-order valence-electron chi connectivity index (χ0n) is 11.1. The maximum Gasteiger partial charge on any atom is 0.325 e. The molecule has 0 saturated carbocycles. The molecule has 0 aromatic carbocycles. The van der Waals surface area contributed by atoms with E-state index in [2.05, 4.69) is 41.2 Å². The zero-order chi connectivity index (χ0) is 13.8. The summed E-state index contributed by atoms with van der Waals surface area (Å²) in [5, 5.41) is 5.50. The number of ether oxygens (including phenoxy) is 1. The van der Waals surface area contributed by atoms with Crippen LogP contribution in [0.1, 0.15) is 31.5 Å². The van der Waals surface area contributed by atoms with Gasteiger partial charge in [-0.25, -0.2) is 4.98 Å². The van der Waals surface area contributed by atoms with Gasteiger partial charge in [-0.3, -0.25) is 4.79 Å². The fourth-order valence-electron chi connectivity index (χ4n) is 1.25. The molecule has 6 heteroatoms. The number of esters is 1. The van der Waals surface area contributed by atoms with Crippen LogP contribution in [0.15, 0.2) is 5.38 Å². The Morgan fingerprint density at radius 1 is 1.61 bits per heavy atom. The average Bonchev–Trinajstić information content (AvgIpc) is 2.76. The van der Waals surface area contributed by atoms with Crippen molar-refractivity contribution >= 4 is 28.9 Å². The van der Waals surface area contributed by atoms with Gasteiger partial charge in [-0.2, -0.15) is 0 Å². The minimum atomic E-state index is -0.656. The van der Waals surface area contributed by atoms with Gasteiger partial charge in [0.15, 0.2) is 0 Å². The highest BCUT2D eigenvalue weighted by molar-refractivity contribution is 7.09. The minimum absolute atomic E-state index is 0.0653. The third-order valence-electron chi connectivity index (χ3n) is 2.38. The molecule has 1 aromatic rings. The molecule has 0 aliphatic heterocycles. The Morgan fingerprint density at radius 2 is 2.28 bits per heavy atom. The largest absolute Gasteiger partial charge is 0.468 e. The topological polar surface area (TPSA) is 51.2 Å². The molecule has 1 unspecified atom stereocenters. The molecule has 0 amide bonds. The molecule has 102 valence electrons. The van der Waals surface area contributed by atoms with Gasteiger partial charge in [-0.05, 0) is 0 Å². The number of alkyl halides is 1. The lowest BCUT2D eigenvalue weighted by molar-refractivity contribution is -0.140. The molecule has 0 saturated heterocycles. The second-order valence-electron chi connectivity index (χ2n) is 5.00. The van der Waals surface area contributed by atoms with Crippen LogP contribution < -0.4 is 5.32 Å². The number of thiazole rings is 1. The first-order valence-corrected chi connectivity index (χ1v) is 7.03. The molecule has 0 bridgehead atoms. The molecular weight excluding hydrogens is 272 g/mol. The highest BCUT2D eigenvalue weighted by Gasteiger charge is 2.18. The van der Waals surface area contributed by atoms with Crippen molar-refractivity contribution in [3.05, 3.63) is 16.1 Å². The number of nitrogens with zero attached hydrogens (tertiary/aromatic N) is 1. The van der Waals surface area contributed by atoms with E-state index < -0.39 is 11.3 Å². The molecule has 1 heterocycles. The number of carbonyl (C=O) groups is 1. The molecule has 18 heavy (non-hydrogen) atoms. The smallest absolute Gasteiger partial charge is 0.325 e. The summed E-state index contributed by atoms with van der Waals surface area (Å²) in [4.78, 5) is 15.6. The van der Waals surface area contributed by atoms with E-state index in [9.17, 15) is 4.79 Å². The third-order valence-corrected chi connectivity index (χ3v) is 3.56. The van der Waals surface area contributed by atoms with E-state index in [0.29, 0.717) is 13.1 Å². The third kappa shape index (κ3) is 4.55. The molecule has 0 fully saturated rings. The van der Waals surface area contributed by atoms with Crippen LogP contribution in [0.5, 0.6) is 0 Å². The average molecular weight is 291 g/mol. The van der Waals surface area contributed by atoms with E-state index in [0.717, 1.165) is 10.7 Å². The van der Waals surface area contributed by atoms with Crippen LogP contribution in [0.4, 0.5) is 0 Å². The van der Waals surface area contributed by atoms with Crippen molar-refractivity contribution in [2.24, 2.45) is 0 Å². The molecule has 0 radical (unpaired) electrons. The van der Waals surface area contributed by atoms with Gasteiger partial charge in [0.1, 0.15) is 10.4 Å². The maximum absolute atomic E-state index is 11.1. The first-order valence-electron chi connectivity index (χ1n) is 5.72. The fraction of sp³-hybridized carbons (Fsp3) is 0.667. The van der Waals surface area contributed by atoms with Crippen molar-refractivity contribution in [2.75, 3.05) is 13.7 Å². The summed E-state index contributed by atoms with van der Waals surface area (Å²) in [6.45, 7) is 7.38. The summed E-state index contributed by atoms with van der Waals surface area (Å²) >= 11 is 7.43. The highest BCUT2D eigenvalue weighted by atomic mass is 35.5. The lowest BCUT2D eigenvalue weighted by Gasteiger charge is -2.14. The first kappa shape index (κ1) is 15.4. The lowest BCUT2D eigenvalue weighted by Crippen LogP contribution is -2.29. The fourth-order valence-corrected chi connectivity index (χ4v) is 2.44. The van der Waals surface area contributed by atoms with Crippen molar-refractivity contribution in [2.45, 2.75) is 38.1 Å². The van der Waals surface area contributed by atoms with E-state index >= 15 is 0 Å². The van der Waals surface area contributed by atoms with Crippen LogP contribution in [0.3, 0.4) is 0 Å². The van der Waals surface area contributed by atoms with E-state index in [-0.39, 0.29) is 5.41 Å². The van der Waals surface area contributed by atoms with Crippen molar-refractivity contribution in [3.63, 3.8) is 0 Å². The van der Waals surface area contributed by atoms with E-state index in [1.54, 1.807) is 11.3 Å². The Morgan fingerprint density at radius 3 is 2.78 bits per heavy atom. The molecule has 1 aromatic heterocycles. The number of carbonyl (C=O) groups excluding carboxylic acids is 1. The van der Waals surface area contributed by atoms with Gasteiger partial charge >= 0.3 is 5.97 Å². The maximum atomic E-state index is 11.1. The van der Waals surface area contributed by atoms with Crippen molar-refractivity contribution < 1.29 is 9.53 Å². The van der Waals surface area contributed by atoms with Gasteiger partial charge in [0, 0.05) is 23.9 Å². The minimum Gasteiger partial charge on any atom is -0.468 e. The Kier molecular flexibility index (Phi) is 5.56. The monoisotopic (exact) mass is 290 g/mol. The van der Waals surface area contributed by atoms with Gasteiger partial charge in [0.25, 0.3) is 0 Å². The van der Waals surface area contributed by atoms with Gasteiger partial charge in [0.05, 0.1) is 12.8 Å². The SMILES string of the molecule is COC(=O)C(Cl)CNCc1nc(C(C)(C)C)cs1. The second kappa shape index (κ2) is 6.50. The number of nitrogens with one attached hydrogen (secondary N) is 1. The summed E-state index contributed by atoms with van der Waals surface area (Å²) in [6, 6.07) is 0. The van der Waals surface area contributed by atoms with Crippen LogP contribution in [-0.2, 0) is 21.5 Å². The van der Waals surface area contributed by atoms with E-state index in [1.807, 2.05) is 0 Å². The van der Waals surface area contributed by atoms with Gasteiger partial charge in [-0.1, -0.05) is 20.8 Å². The van der Waals surface area contributed by atoms with Crippen LogP contribution in [-0.4, -0.2) is 30.0 Å². The Balaban J connectivity index is 2.41. The molecule has 0 aliphatic carbocycles. The van der Waals surface area contributed by atoms with Gasteiger partial charge < -0.3 is 10.1 Å². The normalized spacial score (nSPS) is 13.4. The quantitative estimate of drug-likeness (QED) is 0.668. The van der Waals surface area contributed by atoms with Gasteiger partial charge in [0.2, 0.25) is 0 Å². The summed E-state index contributed by atoms with van der Waals surface area (Å²) in [7, 11) is 1.33. The Bertz CT molecular complexity index is 401. The van der Waals surface area contributed by atoms with Crippen LogP contribution in [0, 0.1) is 0 Å². The molecule has 1 rings (SSSR count). The summed E-state index contributed by atoms with van der Waals surface area (Å²) < 4.78 is 4.54. The van der Waals surface area contributed by atoms with Crippen molar-refractivity contribution in [1.29, 1.82) is 0 Å². The molecule has 1 N–H and O–H groups in total. The summed E-state index contributed by atoms with van der Waals surface area (Å²) in [5.41, 5.74) is 1.15. The number of hydrogen-bond acceptors (Lipinski definition) is 5. The molecule has 0 aliphatic rings. The number of hydrogen-bond donors (Lipinski definition) is 1. The van der Waals surface area contributed by atoms with Crippen molar-refractivity contribution in [3.8, 4) is 0 Å². The number of aromatic nitrogens is 1. The summed E-state index contributed by atoms with van der Waals surface area (Å²) in [6.07, 6.45) is 0. The summed E-state index contributed by atoms with van der Waals surface area (Å²) in [5.74, 6) is -0.418. The molecule has 1 atom stereocenters. The Hall–Kier alpha value is -0.650. The van der Waals surface area contributed by atoms with Crippen LogP contribution in [0.2, 0.25) is 0 Å². The first-order chi connectivity index (χ1) is 8.34. The number of methoxy groups -OCH3 is 1. The second-order valence-corrected chi connectivity index (χ2v) is 6.47.